The maximum Gasteiger partial charge on any atom is 0.131 e. The first-order valence-electron chi connectivity index (χ1n) is 6.56. The third kappa shape index (κ3) is 1.30. The zero-order valence-corrected chi connectivity index (χ0v) is 9.86. The Morgan fingerprint density at radius 1 is 1.18 bits per heavy atom. The molecule has 3 aliphatic heterocycles. The molecule has 0 aromatic heterocycles. The summed E-state index contributed by atoms with van der Waals surface area (Å²) in [4.78, 5) is 0. The van der Waals surface area contributed by atoms with Gasteiger partial charge in [0.2, 0.25) is 0 Å². The number of benzene rings is 1. The fourth-order valence-electron chi connectivity index (χ4n) is 3.88. The highest BCUT2D eigenvalue weighted by Crippen LogP contribution is 2.50. The van der Waals surface area contributed by atoms with Gasteiger partial charge in [0.05, 0.1) is 6.04 Å². The van der Waals surface area contributed by atoms with Gasteiger partial charge in [-0.25, -0.2) is 0 Å². The van der Waals surface area contributed by atoms with Gasteiger partial charge in [0, 0.05) is 30.5 Å². The van der Waals surface area contributed by atoms with Crippen molar-refractivity contribution in [2.24, 2.45) is 5.73 Å². The Kier molecular flexibility index (Phi) is 1.89. The maximum atomic E-state index is 6.46. The molecule has 2 saturated heterocycles. The van der Waals surface area contributed by atoms with Crippen molar-refractivity contribution in [2.75, 3.05) is 0 Å². The van der Waals surface area contributed by atoms with E-state index in [-0.39, 0.29) is 11.6 Å². The fraction of sp³-hybridized carbons (Fsp3) is 0.571. The summed E-state index contributed by atoms with van der Waals surface area (Å²) in [5.41, 5.74) is 7.51. The third-order valence-electron chi connectivity index (χ3n) is 4.65. The maximum absolute atomic E-state index is 6.46. The Hall–Kier alpha value is -1.06. The minimum atomic E-state index is -0.138. The molecule has 1 aromatic carbocycles. The number of piperidine rings is 1. The first-order valence-corrected chi connectivity index (χ1v) is 6.56. The van der Waals surface area contributed by atoms with Gasteiger partial charge in [0.25, 0.3) is 0 Å². The summed E-state index contributed by atoms with van der Waals surface area (Å²) in [6.45, 7) is 0. The molecule has 0 saturated carbocycles. The second-order valence-electron chi connectivity index (χ2n) is 5.73. The van der Waals surface area contributed by atoms with Gasteiger partial charge in [-0.1, -0.05) is 18.2 Å². The molecular weight excluding hydrogens is 212 g/mol. The van der Waals surface area contributed by atoms with E-state index < -0.39 is 0 Å². The molecule has 2 bridgehead atoms. The van der Waals surface area contributed by atoms with E-state index in [4.69, 9.17) is 10.5 Å². The lowest BCUT2D eigenvalue weighted by molar-refractivity contribution is 0.0183. The van der Waals surface area contributed by atoms with Crippen LogP contribution in [0.25, 0.3) is 0 Å². The quantitative estimate of drug-likeness (QED) is 0.713. The lowest BCUT2D eigenvalue weighted by Crippen LogP contribution is -2.54. The second-order valence-corrected chi connectivity index (χ2v) is 5.73. The van der Waals surface area contributed by atoms with Crippen molar-refractivity contribution in [3.05, 3.63) is 29.8 Å². The van der Waals surface area contributed by atoms with E-state index in [1.807, 2.05) is 12.1 Å². The number of ether oxygens (including phenoxy) is 1. The highest BCUT2D eigenvalue weighted by Gasteiger charge is 2.53. The van der Waals surface area contributed by atoms with Crippen LogP contribution in [0.2, 0.25) is 0 Å². The molecule has 1 aromatic rings. The molecular formula is C14H18N2O. The van der Waals surface area contributed by atoms with Crippen LogP contribution in [0.15, 0.2) is 24.3 Å². The number of para-hydroxylation sites is 1. The van der Waals surface area contributed by atoms with E-state index in [1.165, 1.54) is 18.4 Å². The van der Waals surface area contributed by atoms with Crippen LogP contribution in [-0.2, 0) is 0 Å². The van der Waals surface area contributed by atoms with Crippen molar-refractivity contribution in [2.45, 2.75) is 49.4 Å². The standard InChI is InChI=1S/C14H18N2O/c15-13-11-3-1-2-4-12(11)17-14(13)7-9-5-6-10(8-14)16-9/h1-4,9-10,13,16H,5-8,15H2. The minimum Gasteiger partial charge on any atom is -0.485 e. The van der Waals surface area contributed by atoms with Crippen molar-refractivity contribution in [1.29, 1.82) is 0 Å². The summed E-state index contributed by atoms with van der Waals surface area (Å²) in [5.74, 6) is 1.00. The Bertz CT molecular complexity index is 447. The zero-order chi connectivity index (χ0) is 11.5. The summed E-state index contributed by atoms with van der Waals surface area (Å²) in [7, 11) is 0. The number of rotatable bonds is 0. The van der Waals surface area contributed by atoms with E-state index in [1.54, 1.807) is 0 Å². The van der Waals surface area contributed by atoms with Crippen molar-refractivity contribution in [3.63, 3.8) is 0 Å². The molecule has 2 fully saturated rings. The van der Waals surface area contributed by atoms with Gasteiger partial charge in [0.15, 0.2) is 0 Å². The van der Waals surface area contributed by atoms with Crippen molar-refractivity contribution < 1.29 is 4.74 Å². The summed E-state index contributed by atoms with van der Waals surface area (Å²) < 4.78 is 6.26. The van der Waals surface area contributed by atoms with Crippen LogP contribution in [0.1, 0.15) is 37.3 Å². The molecule has 4 rings (SSSR count). The van der Waals surface area contributed by atoms with Crippen LogP contribution in [-0.4, -0.2) is 17.7 Å². The molecule has 90 valence electrons. The molecule has 1 spiro atoms. The number of nitrogens with one attached hydrogen (secondary N) is 1. The number of nitrogens with two attached hydrogens (primary N) is 1. The molecule has 0 amide bonds. The van der Waals surface area contributed by atoms with E-state index in [9.17, 15) is 0 Å². The normalized spacial score (nSPS) is 42.5. The smallest absolute Gasteiger partial charge is 0.131 e. The largest absolute Gasteiger partial charge is 0.485 e. The summed E-state index contributed by atoms with van der Waals surface area (Å²) in [5, 5.41) is 3.65. The van der Waals surface area contributed by atoms with Crippen LogP contribution < -0.4 is 15.8 Å². The monoisotopic (exact) mass is 230 g/mol. The summed E-state index contributed by atoms with van der Waals surface area (Å²) in [6, 6.07) is 9.50. The molecule has 3 unspecified atom stereocenters. The number of fused-ring (bicyclic) bond motifs is 3. The van der Waals surface area contributed by atoms with E-state index in [0.29, 0.717) is 12.1 Å². The van der Waals surface area contributed by atoms with Gasteiger partial charge >= 0.3 is 0 Å². The summed E-state index contributed by atoms with van der Waals surface area (Å²) in [6.07, 6.45) is 4.66. The van der Waals surface area contributed by atoms with Gasteiger partial charge in [-0.2, -0.15) is 0 Å². The van der Waals surface area contributed by atoms with Gasteiger partial charge < -0.3 is 15.8 Å². The van der Waals surface area contributed by atoms with Crippen LogP contribution >= 0.6 is 0 Å². The minimum absolute atomic E-state index is 0.0453. The van der Waals surface area contributed by atoms with Crippen LogP contribution in [0, 0.1) is 0 Å². The summed E-state index contributed by atoms with van der Waals surface area (Å²) >= 11 is 0. The Balaban J connectivity index is 1.73. The molecule has 3 N–H and O–H groups in total. The van der Waals surface area contributed by atoms with E-state index in [0.717, 1.165) is 18.6 Å². The first kappa shape index (κ1) is 9.92. The van der Waals surface area contributed by atoms with E-state index >= 15 is 0 Å². The lowest BCUT2D eigenvalue weighted by Gasteiger charge is -2.40. The number of hydrogen-bond donors (Lipinski definition) is 2. The van der Waals surface area contributed by atoms with Crippen molar-refractivity contribution in [1.82, 2.24) is 5.32 Å². The number of hydrogen-bond acceptors (Lipinski definition) is 3. The van der Waals surface area contributed by atoms with E-state index in [2.05, 4.69) is 17.4 Å². The van der Waals surface area contributed by atoms with Gasteiger partial charge in [0.1, 0.15) is 11.4 Å². The fourth-order valence-corrected chi connectivity index (χ4v) is 3.88. The molecule has 3 heterocycles. The SMILES string of the molecule is NC1c2ccccc2OC12CC1CCC(C2)N1. The molecule has 3 atom stereocenters. The Labute approximate surface area is 101 Å². The molecule has 0 aliphatic carbocycles. The van der Waals surface area contributed by atoms with Crippen LogP contribution in [0.4, 0.5) is 0 Å². The van der Waals surface area contributed by atoms with Crippen molar-refractivity contribution in [3.8, 4) is 5.75 Å². The van der Waals surface area contributed by atoms with Crippen LogP contribution in [0.5, 0.6) is 5.75 Å². The lowest BCUT2D eigenvalue weighted by atomic mass is 9.80. The molecule has 0 radical (unpaired) electrons. The highest BCUT2D eigenvalue weighted by atomic mass is 16.5. The predicted molar refractivity (Wildman–Crippen MR) is 65.9 cm³/mol. The van der Waals surface area contributed by atoms with Crippen LogP contribution in [0.3, 0.4) is 0 Å². The average molecular weight is 230 g/mol. The van der Waals surface area contributed by atoms with Gasteiger partial charge in [-0.05, 0) is 18.9 Å². The van der Waals surface area contributed by atoms with Gasteiger partial charge in [-0.3, -0.25) is 0 Å². The third-order valence-corrected chi connectivity index (χ3v) is 4.65. The zero-order valence-electron chi connectivity index (χ0n) is 9.86. The molecule has 3 heteroatoms. The molecule has 17 heavy (non-hydrogen) atoms. The molecule has 3 nitrogen and oxygen atoms in total. The molecule has 3 aliphatic rings. The second kappa shape index (κ2) is 3.24. The average Bonchev–Trinajstić information content (AvgIpc) is 2.80. The predicted octanol–water partition coefficient (Wildman–Crippen LogP) is 1.73. The topological polar surface area (TPSA) is 47.3 Å². The Morgan fingerprint density at radius 3 is 2.59 bits per heavy atom. The first-order chi connectivity index (χ1) is 8.27. The van der Waals surface area contributed by atoms with Gasteiger partial charge in [-0.15, -0.1) is 0 Å². The highest BCUT2D eigenvalue weighted by molar-refractivity contribution is 5.43. The van der Waals surface area contributed by atoms with Crippen molar-refractivity contribution >= 4 is 0 Å². The Morgan fingerprint density at radius 2 is 1.88 bits per heavy atom.